The van der Waals surface area contributed by atoms with Gasteiger partial charge >= 0.3 is 12.1 Å². The summed E-state index contributed by atoms with van der Waals surface area (Å²) in [6, 6.07) is 19.4. The second kappa shape index (κ2) is 12.3. The molecule has 10 heteroatoms. The van der Waals surface area contributed by atoms with E-state index in [-0.39, 0.29) is 19.6 Å². The molecule has 0 aromatic heterocycles. The maximum atomic E-state index is 12.9. The third-order valence-corrected chi connectivity index (χ3v) is 6.13. The Morgan fingerprint density at radius 3 is 2.32 bits per heavy atom. The van der Waals surface area contributed by atoms with E-state index in [1.807, 2.05) is 37.3 Å². The molecule has 0 bridgehead atoms. The second-order valence-electron chi connectivity index (χ2n) is 8.41. The Labute approximate surface area is 216 Å². The van der Waals surface area contributed by atoms with Crippen LogP contribution in [0.4, 0.5) is 10.5 Å². The zero-order valence-corrected chi connectivity index (χ0v) is 21.7. The monoisotopic (exact) mass is 526 g/mol. The Morgan fingerprint density at radius 2 is 1.70 bits per heavy atom. The number of hydrogen-bond acceptors (Lipinski definition) is 6. The SMILES string of the molecule is CCN(Cc1cc(NS(C)(=O)=O)ccc1-c1cc(CC(=O)O)ccc1OC)C(=O)OCc1ccccc1. The number of carbonyl (C=O) groups excluding carboxylic acids is 1. The molecule has 3 aromatic rings. The molecular weight excluding hydrogens is 496 g/mol. The summed E-state index contributed by atoms with van der Waals surface area (Å²) in [6.45, 7) is 2.39. The van der Waals surface area contributed by atoms with Gasteiger partial charge in [0.2, 0.25) is 10.0 Å². The Kier molecular flexibility index (Phi) is 9.13. The molecule has 9 nitrogen and oxygen atoms in total. The van der Waals surface area contributed by atoms with E-state index in [1.54, 1.807) is 36.4 Å². The molecule has 0 saturated heterocycles. The van der Waals surface area contributed by atoms with E-state index < -0.39 is 22.1 Å². The molecule has 0 saturated carbocycles. The molecule has 0 radical (unpaired) electrons. The Balaban J connectivity index is 1.99. The van der Waals surface area contributed by atoms with E-state index in [0.717, 1.165) is 11.8 Å². The van der Waals surface area contributed by atoms with Crippen molar-refractivity contribution >= 4 is 27.8 Å². The maximum Gasteiger partial charge on any atom is 0.410 e. The van der Waals surface area contributed by atoms with Crippen molar-refractivity contribution in [1.29, 1.82) is 0 Å². The molecule has 0 aliphatic heterocycles. The average Bonchev–Trinajstić information content (AvgIpc) is 2.85. The van der Waals surface area contributed by atoms with Gasteiger partial charge in [-0.3, -0.25) is 9.52 Å². The summed E-state index contributed by atoms with van der Waals surface area (Å²) in [7, 11) is -2.03. The van der Waals surface area contributed by atoms with Crippen LogP contribution in [-0.4, -0.2) is 50.4 Å². The third-order valence-electron chi connectivity index (χ3n) is 5.52. The van der Waals surface area contributed by atoms with Crippen LogP contribution in [-0.2, 0) is 39.1 Å². The van der Waals surface area contributed by atoms with Crippen molar-refractivity contribution in [3.8, 4) is 16.9 Å². The van der Waals surface area contributed by atoms with Crippen LogP contribution < -0.4 is 9.46 Å². The standard InChI is InChI=1S/C27H30N2O7S/c1-4-29(27(32)36-18-19-8-6-5-7-9-19)17-21-16-22(28-37(3,33)34)11-12-23(21)24-14-20(15-26(30)31)10-13-25(24)35-2/h5-14,16,28H,4,15,17-18H2,1-3H3,(H,30,31). The summed E-state index contributed by atoms with van der Waals surface area (Å²) in [5.41, 5.74) is 3.66. The first-order valence-corrected chi connectivity index (χ1v) is 13.4. The number of ether oxygens (including phenoxy) is 2. The molecular formula is C27H30N2O7S. The number of hydrogen-bond donors (Lipinski definition) is 2. The fraction of sp³-hybridized carbons (Fsp3) is 0.259. The molecule has 0 fully saturated rings. The van der Waals surface area contributed by atoms with Crippen molar-refractivity contribution in [2.75, 3.05) is 24.6 Å². The first-order valence-electron chi connectivity index (χ1n) is 11.5. The number of methoxy groups -OCH3 is 1. The molecule has 3 aromatic carbocycles. The van der Waals surface area contributed by atoms with E-state index in [4.69, 9.17) is 9.47 Å². The predicted octanol–water partition coefficient (Wildman–Crippen LogP) is 4.52. The highest BCUT2D eigenvalue weighted by Gasteiger charge is 2.19. The highest BCUT2D eigenvalue weighted by Crippen LogP contribution is 2.35. The number of anilines is 1. The van der Waals surface area contributed by atoms with Crippen molar-refractivity contribution in [2.24, 2.45) is 0 Å². The Bertz CT molecular complexity index is 1360. The van der Waals surface area contributed by atoms with Gasteiger partial charge in [-0.25, -0.2) is 13.2 Å². The number of carboxylic acid groups (broad SMARTS) is 1. The summed E-state index contributed by atoms with van der Waals surface area (Å²) in [4.78, 5) is 25.7. The summed E-state index contributed by atoms with van der Waals surface area (Å²) in [6.07, 6.45) is 0.357. The number of nitrogens with zero attached hydrogens (tertiary/aromatic N) is 1. The smallest absolute Gasteiger partial charge is 0.410 e. The van der Waals surface area contributed by atoms with Crippen LogP contribution >= 0.6 is 0 Å². The lowest BCUT2D eigenvalue weighted by Gasteiger charge is -2.23. The van der Waals surface area contributed by atoms with Crippen LogP contribution in [0, 0.1) is 0 Å². The van der Waals surface area contributed by atoms with E-state index in [2.05, 4.69) is 4.72 Å². The van der Waals surface area contributed by atoms with Crippen LogP contribution in [0.15, 0.2) is 66.7 Å². The van der Waals surface area contributed by atoms with E-state index >= 15 is 0 Å². The molecule has 0 aliphatic rings. The maximum absolute atomic E-state index is 12.9. The zero-order chi connectivity index (χ0) is 27.0. The van der Waals surface area contributed by atoms with Gasteiger partial charge in [-0.1, -0.05) is 42.5 Å². The number of amides is 1. The third kappa shape index (κ3) is 7.97. The van der Waals surface area contributed by atoms with Crippen molar-refractivity contribution in [2.45, 2.75) is 26.5 Å². The van der Waals surface area contributed by atoms with Gasteiger partial charge in [0, 0.05) is 24.3 Å². The predicted molar refractivity (Wildman–Crippen MR) is 141 cm³/mol. The highest BCUT2D eigenvalue weighted by molar-refractivity contribution is 7.92. The van der Waals surface area contributed by atoms with Crippen LogP contribution in [0.5, 0.6) is 5.75 Å². The lowest BCUT2D eigenvalue weighted by molar-refractivity contribution is -0.136. The lowest BCUT2D eigenvalue weighted by atomic mass is 9.95. The second-order valence-corrected chi connectivity index (χ2v) is 10.2. The van der Waals surface area contributed by atoms with Crippen LogP contribution in [0.25, 0.3) is 11.1 Å². The largest absolute Gasteiger partial charge is 0.496 e. The van der Waals surface area contributed by atoms with Gasteiger partial charge in [0.15, 0.2) is 0 Å². The minimum Gasteiger partial charge on any atom is -0.496 e. The fourth-order valence-corrected chi connectivity index (χ4v) is 4.39. The minimum absolute atomic E-state index is 0.115. The quantitative estimate of drug-likeness (QED) is 0.377. The minimum atomic E-state index is -3.54. The van der Waals surface area contributed by atoms with E-state index in [9.17, 15) is 23.1 Å². The highest BCUT2D eigenvalue weighted by atomic mass is 32.2. The number of sulfonamides is 1. The van der Waals surface area contributed by atoms with Gasteiger partial charge in [0.05, 0.1) is 19.8 Å². The van der Waals surface area contributed by atoms with Gasteiger partial charge in [-0.15, -0.1) is 0 Å². The summed E-state index contributed by atoms with van der Waals surface area (Å²) in [5, 5.41) is 9.24. The molecule has 0 unspecified atom stereocenters. The summed E-state index contributed by atoms with van der Waals surface area (Å²) < 4.78 is 37.2. The Morgan fingerprint density at radius 1 is 0.973 bits per heavy atom. The molecule has 1 amide bonds. The number of nitrogens with one attached hydrogen (secondary N) is 1. The first kappa shape index (κ1) is 27.5. The molecule has 0 heterocycles. The van der Waals surface area contributed by atoms with Crippen LogP contribution in [0.1, 0.15) is 23.6 Å². The molecule has 0 atom stereocenters. The summed E-state index contributed by atoms with van der Waals surface area (Å²) >= 11 is 0. The number of carboxylic acids is 1. The van der Waals surface area contributed by atoms with Gasteiger partial charge in [-0.05, 0) is 53.4 Å². The summed E-state index contributed by atoms with van der Waals surface area (Å²) in [5.74, 6) is -0.462. The fourth-order valence-electron chi connectivity index (χ4n) is 3.84. The van der Waals surface area contributed by atoms with Crippen molar-refractivity contribution < 1.29 is 32.6 Å². The van der Waals surface area contributed by atoms with Gasteiger partial charge in [-0.2, -0.15) is 0 Å². The number of rotatable bonds is 11. The molecule has 196 valence electrons. The first-order chi connectivity index (χ1) is 17.6. The van der Waals surface area contributed by atoms with Crippen molar-refractivity contribution in [1.82, 2.24) is 4.90 Å². The molecule has 0 aliphatic carbocycles. The molecule has 3 rings (SSSR count). The van der Waals surface area contributed by atoms with Crippen molar-refractivity contribution in [3.63, 3.8) is 0 Å². The van der Waals surface area contributed by atoms with Gasteiger partial charge < -0.3 is 19.5 Å². The average molecular weight is 527 g/mol. The van der Waals surface area contributed by atoms with Crippen molar-refractivity contribution in [3.05, 3.63) is 83.4 Å². The topological polar surface area (TPSA) is 122 Å². The number of benzene rings is 3. The Hall–Kier alpha value is -4.05. The van der Waals surface area contributed by atoms with E-state index in [0.29, 0.717) is 40.2 Å². The molecule has 37 heavy (non-hydrogen) atoms. The normalized spacial score (nSPS) is 11.0. The van der Waals surface area contributed by atoms with E-state index in [1.165, 1.54) is 12.0 Å². The zero-order valence-electron chi connectivity index (χ0n) is 20.9. The lowest BCUT2D eigenvalue weighted by Crippen LogP contribution is -2.31. The van der Waals surface area contributed by atoms with Gasteiger partial charge in [0.1, 0.15) is 12.4 Å². The number of carbonyl (C=O) groups is 2. The molecule has 0 spiro atoms. The number of aliphatic carboxylic acids is 1. The molecule has 2 N–H and O–H groups in total. The van der Waals surface area contributed by atoms with Gasteiger partial charge in [0.25, 0.3) is 0 Å². The van der Waals surface area contributed by atoms with Crippen LogP contribution in [0.2, 0.25) is 0 Å². The van der Waals surface area contributed by atoms with Crippen LogP contribution in [0.3, 0.4) is 0 Å².